The summed E-state index contributed by atoms with van der Waals surface area (Å²) >= 11 is 6.09. The van der Waals surface area contributed by atoms with Crippen molar-refractivity contribution in [3.05, 3.63) is 62.7 Å². The van der Waals surface area contributed by atoms with Gasteiger partial charge in [-0.25, -0.2) is 0 Å². The van der Waals surface area contributed by atoms with Crippen LogP contribution in [0, 0.1) is 10.1 Å². The van der Waals surface area contributed by atoms with Crippen molar-refractivity contribution >= 4 is 34.7 Å². The van der Waals surface area contributed by atoms with Gasteiger partial charge in [0.15, 0.2) is 5.78 Å². The van der Waals surface area contributed by atoms with Crippen LogP contribution < -0.4 is 9.64 Å². The summed E-state index contributed by atoms with van der Waals surface area (Å²) in [6.07, 6.45) is 0.824. The largest absolute Gasteiger partial charge is 0.497 e. The Balaban J connectivity index is 2.04. The second-order valence-electron chi connectivity index (χ2n) is 5.79. The Morgan fingerprint density at radius 1 is 1.27 bits per heavy atom. The molecular weight excluding hydrogens is 360 g/mol. The maximum Gasteiger partial charge on any atom is 0.270 e. The van der Waals surface area contributed by atoms with Gasteiger partial charge in [0.05, 0.1) is 28.3 Å². The first-order chi connectivity index (χ1) is 12.4. The van der Waals surface area contributed by atoms with Crippen LogP contribution in [-0.4, -0.2) is 30.3 Å². The molecule has 2 aromatic carbocycles. The third-order valence-corrected chi connectivity index (χ3v) is 4.53. The topological polar surface area (TPSA) is 89.8 Å². The minimum absolute atomic E-state index is 0.00478. The lowest BCUT2D eigenvalue weighted by atomic mass is 10.1. The number of hydrogen-bond acceptors (Lipinski definition) is 5. The van der Waals surface area contributed by atoms with E-state index in [1.54, 1.807) is 18.2 Å². The lowest BCUT2D eigenvalue weighted by Gasteiger charge is -2.23. The summed E-state index contributed by atoms with van der Waals surface area (Å²) < 4.78 is 5.16. The maximum absolute atomic E-state index is 13.0. The summed E-state index contributed by atoms with van der Waals surface area (Å²) in [7, 11) is 1.50. The summed E-state index contributed by atoms with van der Waals surface area (Å²) in [6, 6.07) is 8.66. The summed E-state index contributed by atoms with van der Waals surface area (Å²) in [5.41, 5.74) is 0.845. The van der Waals surface area contributed by atoms with Crippen LogP contribution in [0.1, 0.15) is 33.6 Å². The van der Waals surface area contributed by atoms with Gasteiger partial charge >= 0.3 is 0 Å². The maximum atomic E-state index is 13.0. The molecule has 8 heteroatoms. The average molecular weight is 375 g/mol. The van der Waals surface area contributed by atoms with Crippen molar-refractivity contribution in [2.24, 2.45) is 0 Å². The van der Waals surface area contributed by atoms with Gasteiger partial charge in [0, 0.05) is 30.7 Å². The minimum atomic E-state index is -0.577. The van der Waals surface area contributed by atoms with E-state index in [1.165, 1.54) is 24.1 Å². The number of Topliss-reactive ketones (excluding diaryl/α,β-unsaturated/α-hetero) is 1. The highest BCUT2D eigenvalue weighted by Crippen LogP contribution is 2.32. The quantitative estimate of drug-likeness (QED) is 0.600. The Labute approximate surface area is 154 Å². The first-order valence-electron chi connectivity index (χ1n) is 7.89. The number of nitro groups is 1. The van der Waals surface area contributed by atoms with Gasteiger partial charge in [0.1, 0.15) is 5.75 Å². The molecule has 1 aliphatic heterocycles. The molecule has 3 rings (SSSR count). The fraction of sp³-hybridized carbons (Fsp3) is 0.222. The molecule has 26 heavy (non-hydrogen) atoms. The second kappa shape index (κ2) is 7.13. The third kappa shape index (κ3) is 3.25. The molecule has 0 saturated carbocycles. The standard InChI is InChI=1S/C18H15ClN2O5/c1-26-12-5-7-16-14(10-12)17(22)3-2-8-20(16)18(23)13-6-4-11(21(24)25)9-15(13)19/h4-7,9-10H,2-3,8H2,1H3. The lowest BCUT2D eigenvalue weighted by Crippen LogP contribution is -2.32. The van der Waals surface area contributed by atoms with Gasteiger partial charge < -0.3 is 9.64 Å². The number of fused-ring (bicyclic) bond motifs is 1. The third-order valence-electron chi connectivity index (χ3n) is 4.22. The molecular formula is C18H15ClN2O5. The van der Waals surface area contributed by atoms with Crippen LogP contribution in [0.5, 0.6) is 5.75 Å². The molecule has 0 bridgehead atoms. The zero-order valence-corrected chi connectivity index (χ0v) is 14.7. The number of rotatable bonds is 3. The van der Waals surface area contributed by atoms with Gasteiger partial charge in [-0.3, -0.25) is 19.7 Å². The number of amides is 1. The number of nitrogens with zero attached hydrogens (tertiary/aromatic N) is 2. The highest BCUT2D eigenvalue weighted by Gasteiger charge is 2.28. The average Bonchev–Trinajstić information content (AvgIpc) is 2.79. The van der Waals surface area contributed by atoms with Crippen molar-refractivity contribution < 1.29 is 19.2 Å². The van der Waals surface area contributed by atoms with Crippen molar-refractivity contribution in [1.29, 1.82) is 0 Å². The van der Waals surface area contributed by atoms with Crippen molar-refractivity contribution in [1.82, 2.24) is 0 Å². The number of anilines is 1. The van der Waals surface area contributed by atoms with Crippen LogP contribution in [0.2, 0.25) is 5.02 Å². The van der Waals surface area contributed by atoms with Crippen LogP contribution in [0.4, 0.5) is 11.4 Å². The van der Waals surface area contributed by atoms with Crippen LogP contribution >= 0.6 is 11.6 Å². The van der Waals surface area contributed by atoms with Gasteiger partial charge in [-0.1, -0.05) is 11.6 Å². The molecule has 0 aromatic heterocycles. The molecule has 0 saturated heterocycles. The first kappa shape index (κ1) is 17.9. The normalized spacial score (nSPS) is 13.8. The van der Waals surface area contributed by atoms with Crippen LogP contribution in [0.3, 0.4) is 0 Å². The fourth-order valence-corrected chi connectivity index (χ4v) is 3.16. The number of methoxy groups -OCH3 is 1. The van der Waals surface area contributed by atoms with Gasteiger partial charge in [-0.2, -0.15) is 0 Å². The van der Waals surface area contributed by atoms with E-state index < -0.39 is 10.8 Å². The first-order valence-corrected chi connectivity index (χ1v) is 8.27. The van der Waals surface area contributed by atoms with Crippen LogP contribution in [0.25, 0.3) is 0 Å². The number of carbonyl (C=O) groups is 2. The number of nitro benzene ring substituents is 1. The van der Waals surface area contributed by atoms with E-state index in [0.29, 0.717) is 36.4 Å². The predicted octanol–water partition coefficient (Wildman–Crippen LogP) is 3.88. The molecule has 1 amide bonds. The Morgan fingerprint density at radius 3 is 2.69 bits per heavy atom. The highest BCUT2D eigenvalue weighted by molar-refractivity contribution is 6.35. The van der Waals surface area contributed by atoms with Crippen molar-refractivity contribution in [3.8, 4) is 5.75 Å². The number of carbonyl (C=O) groups excluding carboxylic acids is 2. The number of halogens is 1. The van der Waals surface area contributed by atoms with Crippen LogP contribution in [-0.2, 0) is 0 Å². The molecule has 1 heterocycles. The lowest BCUT2D eigenvalue weighted by molar-refractivity contribution is -0.384. The molecule has 0 fully saturated rings. The number of ketones is 1. The zero-order chi connectivity index (χ0) is 18.8. The van der Waals surface area contributed by atoms with Crippen molar-refractivity contribution in [3.63, 3.8) is 0 Å². The second-order valence-corrected chi connectivity index (χ2v) is 6.20. The van der Waals surface area contributed by atoms with Crippen molar-refractivity contribution in [2.75, 3.05) is 18.6 Å². The molecule has 0 radical (unpaired) electrons. The number of hydrogen-bond donors (Lipinski definition) is 0. The monoisotopic (exact) mass is 374 g/mol. The Morgan fingerprint density at radius 2 is 2.04 bits per heavy atom. The van der Waals surface area contributed by atoms with Crippen molar-refractivity contribution in [2.45, 2.75) is 12.8 Å². The molecule has 134 valence electrons. The predicted molar refractivity (Wildman–Crippen MR) is 96.3 cm³/mol. The van der Waals surface area contributed by atoms with E-state index in [1.807, 2.05) is 0 Å². The highest BCUT2D eigenvalue weighted by atomic mass is 35.5. The Kier molecular flexibility index (Phi) is 4.90. The van der Waals surface area contributed by atoms with E-state index in [9.17, 15) is 19.7 Å². The summed E-state index contributed by atoms with van der Waals surface area (Å²) in [5.74, 6) is 0.0507. The molecule has 0 atom stereocenters. The van der Waals surface area contributed by atoms with E-state index in [0.717, 1.165) is 6.07 Å². The molecule has 1 aliphatic rings. The van der Waals surface area contributed by atoms with E-state index in [2.05, 4.69) is 0 Å². The van der Waals surface area contributed by atoms with E-state index in [4.69, 9.17) is 16.3 Å². The fourth-order valence-electron chi connectivity index (χ4n) is 2.90. The molecule has 2 aromatic rings. The van der Waals surface area contributed by atoms with Gasteiger partial charge in [-0.05, 0) is 30.7 Å². The molecule has 0 N–H and O–H groups in total. The Bertz CT molecular complexity index is 912. The smallest absolute Gasteiger partial charge is 0.270 e. The molecule has 0 spiro atoms. The Hall–Kier alpha value is -2.93. The van der Waals surface area contributed by atoms with Gasteiger partial charge in [0.25, 0.3) is 11.6 Å². The SMILES string of the molecule is COc1ccc2c(c1)C(=O)CCCN2C(=O)c1ccc([N+](=O)[O-])cc1Cl. The van der Waals surface area contributed by atoms with Crippen LogP contribution in [0.15, 0.2) is 36.4 Å². The number of non-ortho nitro benzene ring substituents is 1. The zero-order valence-electron chi connectivity index (χ0n) is 13.9. The summed E-state index contributed by atoms with van der Waals surface area (Å²) in [4.78, 5) is 37.1. The molecule has 0 unspecified atom stereocenters. The van der Waals surface area contributed by atoms with Gasteiger partial charge in [0.2, 0.25) is 0 Å². The van der Waals surface area contributed by atoms with E-state index in [-0.39, 0.29) is 22.1 Å². The number of benzene rings is 2. The molecule has 7 nitrogen and oxygen atoms in total. The van der Waals surface area contributed by atoms with E-state index >= 15 is 0 Å². The van der Waals surface area contributed by atoms with Gasteiger partial charge in [-0.15, -0.1) is 0 Å². The minimum Gasteiger partial charge on any atom is -0.497 e. The molecule has 0 aliphatic carbocycles. The summed E-state index contributed by atoms with van der Waals surface area (Å²) in [5, 5.41) is 10.8. The summed E-state index contributed by atoms with van der Waals surface area (Å²) in [6.45, 7) is 0.344. The number of ether oxygens (including phenoxy) is 1.